The number of ether oxygens (including phenoxy) is 1. The maximum Gasteiger partial charge on any atom is 0.328 e. The molecule has 142 valence electrons. The number of benzene rings is 2. The molecular weight excluding hydrogens is 436 g/mol. The van der Waals surface area contributed by atoms with E-state index in [2.05, 4.69) is 26.6 Å². The molecule has 0 radical (unpaired) electrons. The highest BCUT2D eigenvalue weighted by molar-refractivity contribution is 9.10. The van der Waals surface area contributed by atoms with Gasteiger partial charge in [-0.1, -0.05) is 45.7 Å². The maximum atomic E-state index is 12.2. The monoisotopic (exact) mass is 452 g/mol. The zero-order chi connectivity index (χ0) is 19.8. The van der Waals surface area contributed by atoms with Crippen LogP contribution in [0.2, 0.25) is 5.02 Å². The molecule has 1 atom stereocenters. The second-order valence-electron chi connectivity index (χ2n) is 5.63. The molecule has 0 bridgehead atoms. The van der Waals surface area contributed by atoms with E-state index in [0.717, 1.165) is 10.0 Å². The fourth-order valence-corrected chi connectivity index (χ4v) is 2.96. The number of halogens is 2. The zero-order valence-electron chi connectivity index (χ0n) is 14.5. The number of rotatable bonds is 7. The molecule has 0 unspecified atom stereocenters. The average Bonchev–Trinajstić information content (AvgIpc) is 2.68. The Balaban J connectivity index is 1.98. The van der Waals surface area contributed by atoms with Crippen LogP contribution in [-0.4, -0.2) is 37.5 Å². The molecule has 0 saturated carbocycles. The minimum absolute atomic E-state index is 0.187. The molecule has 8 heteroatoms. The number of esters is 1. The summed E-state index contributed by atoms with van der Waals surface area (Å²) in [5.41, 5.74) is 1.18. The predicted molar refractivity (Wildman–Crippen MR) is 106 cm³/mol. The summed E-state index contributed by atoms with van der Waals surface area (Å²) in [6.45, 7) is -0.266. The quantitative estimate of drug-likeness (QED) is 0.631. The van der Waals surface area contributed by atoms with E-state index in [0.29, 0.717) is 10.6 Å². The molecule has 2 rings (SSSR count). The molecule has 0 aliphatic heterocycles. The Bertz CT molecular complexity index is 830. The number of nitrogens with one attached hydrogen (secondary N) is 2. The summed E-state index contributed by atoms with van der Waals surface area (Å²) < 4.78 is 5.52. The lowest BCUT2D eigenvalue weighted by molar-refractivity contribution is -0.144. The average molecular weight is 454 g/mol. The van der Waals surface area contributed by atoms with Crippen LogP contribution in [-0.2, 0) is 20.7 Å². The Kier molecular flexibility index (Phi) is 7.82. The number of methoxy groups -OCH3 is 1. The molecule has 2 N–H and O–H groups in total. The molecule has 2 amide bonds. The van der Waals surface area contributed by atoms with E-state index in [-0.39, 0.29) is 18.9 Å². The predicted octanol–water partition coefficient (Wildman–Crippen LogP) is 2.73. The Labute approximate surface area is 170 Å². The summed E-state index contributed by atoms with van der Waals surface area (Å²) >= 11 is 9.38. The van der Waals surface area contributed by atoms with E-state index in [1.807, 2.05) is 0 Å². The highest BCUT2D eigenvalue weighted by atomic mass is 79.9. The molecule has 0 aliphatic carbocycles. The minimum atomic E-state index is -0.911. The SMILES string of the molecule is COC(=O)[C@H](Cc1cc(Cl)ccc1Br)NC(=O)CNC(=O)c1ccccc1. The summed E-state index contributed by atoms with van der Waals surface area (Å²) in [5.74, 6) is -1.48. The lowest BCUT2D eigenvalue weighted by Gasteiger charge is -2.18. The highest BCUT2D eigenvalue weighted by Crippen LogP contribution is 2.22. The van der Waals surface area contributed by atoms with Gasteiger partial charge in [-0.25, -0.2) is 4.79 Å². The van der Waals surface area contributed by atoms with E-state index in [1.165, 1.54) is 7.11 Å². The van der Waals surface area contributed by atoms with Crippen LogP contribution in [0.15, 0.2) is 53.0 Å². The lowest BCUT2D eigenvalue weighted by atomic mass is 10.1. The molecule has 2 aromatic rings. The topological polar surface area (TPSA) is 84.5 Å². The molecule has 0 spiro atoms. The van der Waals surface area contributed by atoms with Crippen LogP contribution in [0.25, 0.3) is 0 Å². The van der Waals surface area contributed by atoms with Gasteiger partial charge in [-0.2, -0.15) is 0 Å². The van der Waals surface area contributed by atoms with Gasteiger partial charge in [-0.15, -0.1) is 0 Å². The molecule has 0 saturated heterocycles. The van der Waals surface area contributed by atoms with Crippen molar-refractivity contribution >= 4 is 45.3 Å². The van der Waals surface area contributed by atoms with Crippen LogP contribution in [0, 0.1) is 0 Å². The van der Waals surface area contributed by atoms with Gasteiger partial charge in [0.25, 0.3) is 5.91 Å². The van der Waals surface area contributed by atoms with Gasteiger partial charge in [0, 0.05) is 21.5 Å². The third kappa shape index (κ3) is 6.37. The largest absolute Gasteiger partial charge is 0.467 e. The van der Waals surface area contributed by atoms with Gasteiger partial charge >= 0.3 is 5.97 Å². The van der Waals surface area contributed by atoms with E-state index in [9.17, 15) is 14.4 Å². The summed E-state index contributed by atoms with van der Waals surface area (Å²) in [6, 6.07) is 12.8. The van der Waals surface area contributed by atoms with Crippen molar-refractivity contribution in [3.05, 3.63) is 69.2 Å². The van der Waals surface area contributed by atoms with Crippen LogP contribution in [0.5, 0.6) is 0 Å². The van der Waals surface area contributed by atoms with Crippen LogP contribution < -0.4 is 10.6 Å². The fourth-order valence-electron chi connectivity index (χ4n) is 2.35. The molecule has 2 aromatic carbocycles. The molecule has 0 heterocycles. The standard InChI is InChI=1S/C19H18BrClN2O4/c1-27-19(26)16(10-13-9-14(21)7-8-15(13)20)23-17(24)11-22-18(25)12-5-3-2-4-6-12/h2-9,16H,10-11H2,1H3,(H,22,25)(H,23,24)/t16-/m0/s1. The van der Waals surface area contributed by atoms with Crippen LogP contribution in [0.3, 0.4) is 0 Å². The first-order valence-electron chi connectivity index (χ1n) is 8.05. The van der Waals surface area contributed by atoms with Crippen molar-refractivity contribution < 1.29 is 19.1 Å². The Hall–Kier alpha value is -2.38. The first-order valence-corrected chi connectivity index (χ1v) is 9.22. The molecule has 0 fully saturated rings. The van der Waals surface area contributed by atoms with Crippen molar-refractivity contribution in [2.45, 2.75) is 12.5 Å². The number of hydrogen-bond donors (Lipinski definition) is 2. The van der Waals surface area contributed by atoms with Crippen molar-refractivity contribution in [1.29, 1.82) is 0 Å². The lowest BCUT2D eigenvalue weighted by Crippen LogP contribution is -2.47. The van der Waals surface area contributed by atoms with Gasteiger partial charge in [0.1, 0.15) is 6.04 Å². The van der Waals surface area contributed by atoms with Gasteiger partial charge in [-0.3, -0.25) is 9.59 Å². The smallest absolute Gasteiger partial charge is 0.328 e. The zero-order valence-corrected chi connectivity index (χ0v) is 16.8. The Morgan fingerprint density at radius 3 is 2.52 bits per heavy atom. The maximum absolute atomic E-state index is 12.2. The number of hydrogen-bond acceptors (Lipinski definition) is 4. The Morgan fingerprint density at radius 1 is 1.15 bits per heavy atom. The van der Waals surface area contributed by atoms with Gasteiger partial charge in [0.15, 0.2) is 0 Å². The minimum Gasteiger partial charge on any atom is -0.467 e. The van der Waals surface area contributed by atoms with Gasteiger partial charge < -0.3 is 15.4 Å². The van der Waals surface area contributed by atoms with E-state index < -0.39 is 17.9 Å². The first-order chi connectivity index (χ1) is 12.9. The third-order valence-electron chi connectivity index (χ3n) is 3.70. The van der Waals surface area contributed by atoms with Crippen molar-refractivity contribution in [3.63, 3.8) is 0 Å². The first kappa shape index (κ1) is 20.9. The van der Waals surface area contributed by atoms with Gasteiger partial charge in [-0.05, 0) is 35.9 Å². The second kappa shape index (κ2) is 10.1. The number of carbonyl (C=O) groups excluding carboxylic acids is 3. The normalized spacial score (nSPS) is 11.4. The van der Waals surface area contributed by atoms with E-state index >= 15 is 0 Å². The molecular formula is C19H18BrClN2O4. The Morgan fingerprint density at radius 2 is 1.85 bits per heavy atom. The third-order valence-corrected chi connectivity index (χ3v) is 4.71. The summed E-state index contributed by atoms with van der Waals surface area (Å²) in [4.78, 5) is 36.2. The second-order valence-corrected chi connectivity index (χ2v) is 6.92. The van der Waals surface area contributed by atoms with Crippen molar-refractivity contribution in [3.8, 4) is 0 Å². The van der Waals surface area contributed by atoms with E-state index in [1.54, 1.807) is 48.5 Å². The molecule has 27 heavy (non-hydrogen) atoms. The van der Waals surface area contributed by atoms with E-state index in [4.69, 9.17) is 16.3 Å². The van der Waals surface area contributed by atoms with Gasteiger partial charge in [0.05, 0.1) is 13.7 Å². The number of carbonyl (C=O) groups is 3. The fraction of sp³-hybridized carbons (Fsp3) is 0.211. The van der Waals surface area contributed by atoms with Crippen molar-refractivity contribution in [2.24, 2.45) is 0 Å². The number of amides is 2. The van der Waals surface area contributed by atoms with Crippen LogP contribution in [0.4, 0.5) is 0 Å². The van der Waals surface area contributed by atoms with Gasteiger partial charge in [0.2, 0.25) is 5.91 Å². The van der Waals surface area contributed by atoms with Crippen LogP contribution >= 0.6 is 27.5 Å². The molecule has 6 nitrogen and oxygen atoms in total. The summed E-state index contributed by atoms with van der Waals surface area (Å²) in [5, 5.41) is 5.60. The van der Waals surface area contributed by atoms with Crippen molar-refractivity contribution in [2.75, 3.05) is 13.7 Å². The molecule has 0 aliphatic rings. The summed E-state index contributed by atoms with van der Waals surface area (Å²) in [7, 11) is 1.24. The summed E-state index contributed by atoms with van der Waals surface area (Å²) in [6.07, 6.45) is 0.187. The molecule has 0 aromatic heterocycles. The van der Waals surface area contributed by atoms with Crippen LogP contribution in [0.1, 0.15) is 15.9 Å². The highest BCUT2D eigenvalue weighted by Gasteiger charge is 2.23. The van der Waals surface area contributed by atoms with Crippen molar-refractivity contribution in [1.82, 2.24) is 10.6 Å².